The van der Waals surface area contributed by atoms with Crippen LogP contribution < -0.4 is 5.32 Å². The molecule has 104 valence electrons. The van der Waals surface area contributed by atoms with Gasteiger partial charge in [-0.25, -0.2) is 0 Å². The van der Waals surface area contributed by atoms with E-state index < -0.39 is 0 Å². The molecule has 4 heteroatoms. The first kappa shape index (κ1) is 14.0. The van der Waals surface area contributed by atoms with Gasteiger partial charge < -0.3 is 10.1 Å². The van der Waals surface area contributed by atoms with Gasteiger partial charge in [-0.3, -0.25) is 9.69 Å². The normalized spacial score (nSPS) is 16.9. The van der Waals surface area contributed by atoms with Crippen molar-refractivity contribution in [2.45, 2.75) is 13.3 Å². The quantitative estimate of drug-likeness (QED) is 0.893. The summed E-state index contributed by atoms with van der Waals surface area (Å²) >= 11 is 0. The van der Waals surface area contributed by atoms with Gasteiger partial charge in [-0.05, 0) is 25.5 Å². The van der Waals surface area contributed by atoms with Crippen molar-refractivity contribution in [3.8, 4) is 0 Å². The van der Waals surface area contributed by atoms with Crippen LogP contribution in [0.2, 0.25) is 0 Å². The fourth-order valence-corrected chi connectivity index (χ4v) is 2.16. The minimum atomic E-state index is 0.00562. The van der Waals surface area contributed by atoms with Crippen molar-refractivity contribution in [2.75, 3.05) is 39.4 Å². The Labute approximate surface area is 114 Å². The second-order valence-electron chi connectivity index (χ2n) is 4.93. The van der Waals surface area contributed by atoms with E-state index in [9.17, 15) is 4.79 Å². The van der Waals surface area contributed by atoms with Crippen LogP contribution in [0.4, 0.5) is 0 Å². The topological polar surface area (TPSA) is 41.6 Å². The molecule has 1 saturated heterocycles. The summed E-state index contributed by atoms with van der Waals surface area (Å²) in [5.41, 5.74) is 1.89. The molecule has 2 rings (SSSR count). The molecule has 0 spiro atoms. The van der Waals surface area contributed by atoms with Crippen LogP contribution in [0.3, 0.4) is 0 Å². The van der Waals surface area contributed by atoms with Crippen LogP contribution in [0.15, 0.2) is 24.3 Å². The van der Waals surface area contributed by atoms with Gasteiger partial charge in [0.25, 0.3) is 5.91 Å². The van der Waals surface area contributed by atoms with Gasteiger partial charge in [0.2, 0.25) is 0 Å². The van der Waals surface area contributed by atoms with E-state index >= 15 is 0 Å². The maximum Gasteiger partial charge on any atom is 0.251 e. The van der Waals surface area contributed by atoms with Gasteiger partial charge in [0.1, 0.15) is 0 Å². The number of aryl methyl sites for hydroxylation is 1. The van der Waals surface area contributed by atoms with Crippen LogP contribution in [-0.4, -0.2) is 50.2 Å². The Morgan fingerprint density at radius 2 is 2.05 bits per heavy atom. The lowest BCUT2D eigenvalue weighted by molar-refractivity contribution is 0.0947. The van der Waals surface area contributed by atoms with E-state index in [0.717, 1.165) is 44.8 Å². The summed E-state index contributed by atoms with van der Waals surface area (Å²) in [6, 6.07) is 7.65. The predicted molar refractivity (Wildman–Crippen MR) is 75.4 cm³/mol. The van der Waals surface area contributed by atoms with Crippen molar-refractivity contribution in [1.82, 2.24) is 10.2 Å². The van der Waals surface area contributed by atoms with E-state index in [0.29, 0.717) is 6.54 Å². The number of ether oxygens (including phenoxy) is 1. The number of nitrogens with one attached hydrogen (secondary N) is 1. The van der Waals surface area contributed by atoms with Gasteiger partial charge in [0.15, 0.2) is 0 Å². The number of benzene rings is 1. The number of carbonyl (C=O) groups excluding carboxylic acids is 1. The number of carbonyl (C=O) groups is 1. The average molecular weight is 262 g/mol. The molecule has 1 aromatic rings. The molecule has 0 radical (unpaired) electrons. The molecule has 1 aliphatic rings. The Balaban J connectivity index is 1.72. The largest absolute Gasteiger partial charge is 0.380 e. The highest BCUT2D eigenvalue weighted by Gasteiger charge is 2.09. The van der Waals surface area contributed by atoms with E-state index in [-0.39, 0.29) is 5.91 Å². The predicted octanol–water partition coefficient (Wildman–Crippen LogP) is 1.45. The Morgan fingerprint density at radius 1 is 1.26 bits per heavy atom. The van der Waals surface area contributed by atoms with E-state index in [1.807, 2.05) is 31.2 Å². The molecule has 1 N–H and O–H groups in total. The minimum Gasteiger partial charge on any atom is -0.380 e. The third-order valence-electron chi connectivity index (χ3n) is 3.34. The first-order chi connectivity index (χ1) is 9.25. The fraction of sp³-hybridized carbons (Fsp3) is 0.533. The minimum absolute atomic E-state index is 0.00562. The molecule has 1 fully saturated rings. The standard InChI is InChI=1S/C15H22N2O2/c1-13-3-5-14(6-4-13)15(18)16-7-9-17-8-2-11-19-12-10-17/h3-6H,2,7-12H2,1H3,(H,16,18). The first-order valence-electron chi connectivity index (χ1n) is 6.91. The van der Waals surface area contributed by atoms with Crippen molar-refractivity contribution in [3.05, 3.63) is 35.4 Å². The smallest absolute Gasteiger partial charge is 0.251 e. The molecule has 0 bridgehead atoms. The highest BCUT2D eigenvalue weighted by Crippen LogP contribution is 2.03. The molecule has 0 saturated carbocycles. The summed E-state index contributed by atoms with van der Waals surface area (Å²) in [6.07, 6.45) is 1.08. The van der Waals surface area contributed by atoms with Crippen LogP contribution in [0.5, 0.6) is 0 Å². The molecule has 0 aliphatic carbocycles. The second kappa shape index (κ2) is 7.26. The van der Waals surface area contributed by atoms with E-state index in [1.165, 1.54) is 5.56 Å². The third kappa shape index (κ3) is 4.65. The summed E-state index contributed by atoms with van der Waals surface area (Å²) in [5.74, 6) is 0.00562. The van der Waals surface area contributed by atoms with Gasteiger partial charge in [-0.1, -0.05) is 17.7 Å². The number of hydrogen-bond donors (Lipinski definition) is 1. The molecule has 4 nitrogen and oxygen atoms in total. The Hall–Kier alpha value is -1.39. The van der Waals surface area contributed by atoms with Gasteiger partial charge in [0.05, 0.1) is 6.61 Å². The molecule has 1 amide bonds. The number of rotatable bonds is 4. The molecule has 0 unspecified atom stereocenters. The lowest BCUT2D eigenvalue weighted by Gasteiger charge is -2.19. The van der Waals surface area contributed by atoms with Crippen molar-refractivity contribution in [2.24, 2.45) is 0 Å². The van der Waals surface area contributed by atoms with E-state index in [2.05, 4.69) is 10.2 Å². The lowest BCUT2D eigenvalue weighted by Crippen LogP contribution is -2.36. The molecule has 1 heterocycles. The zero-order chi connectivity index (χ0) is 13.5. The zero-order valence-corrected chi connectivity index (χ0v) is 11.5. The summed E-state index contributed by atoms with van der Waals surface area (Å²) in [7, 11) is 0. The van der Waals surface area contributed by atoms with E-state index in [4.69, 9.17) is 4.74 Å². The Bertz CT molecular complexity index is 395. The molecule has 0 atom stereocenters. The lowest BCUT2D eigenvalue weighted by atomic mass is 10.1. The Kier molecular flexibility index (Phi) is 5.36. The van der Waals surface area contributed by atoms with Crippen LogP contribution in [-0.2, 0) is 4.74 Å². The van der Waals surface area contributed by atoms with Crippen molar-refractivity contribution in [3.63, 3.8) is 0 Å². The molecule has 19 heavy (non-hydrogen) atoms. The Morgan fingerprint density at radius 3 is 2.84 bits per heavy atom. The van der Waals surface area contributed by atoms with Gasteiger partial charge >= 0.3 is 0 Å². The third-order valence-corrected chi connectivity index (χ3v) is 3.34. The van der Waals surface area contributed by atoms with Crippen LogP contribution >= 0.6 is 0 Å². The maximum atomic E-state index is 11.9. The average Bonchev–Trinajstić information content (AvgIpc) is 2.68. The van der Waals surface area contributed by atoms with Crippen LogP contribution in [0, 0.1) is 6.92 Å². The second-order valence-corrected chi connectivity index (χ2v) is 4.93. The molecular formula is C15H22N2O2. The first-order valence-corrected chi connectivity index (χ1v) is 6.91. The molecule has 1 aromatic carbocycles. The van der Waals surface area contributed by atoms with Crippen molar-refractivity contribution in [1.29, 1.82) is 0 Å². The highest BCUT2D eigenvalue weighted by atomic mass is 16.5. The van der Waals surface area contributed by atoms with E-state index in [1.54, 1.807) is 0 Å². The van der Waals surface area contributed by atoms with Crippen molar-refractivity contribution >= 4 is 5.91 Å². The number of nitrogens with zero attached hydrogens (tertiary/aromatic N) is 1. The SMILES string of the molecule is Cc1ccc(C(=O)NCCN2CCCOCC2)cc1. The zero-order valence-electron chi connectivity index (χ0n) is 11.5. The van der Waals surface area contributed by atoms with Crippen molar-refractivity contribution < 1.29 is 9.53 Å². The summed E-state index contributed by atoms with van der Waals surface area (Å²) in [5, 5.41) is 2.96. The van der Waals surface area contributed by atoms with Crippen LogP contribution in [0.25, 0.3) is 0 Å². The summed E-state index contributed by atoms with van der Waals surface area (Å²) < 4.78 is 5.40. The van der Waals surface area contributed by atoms with Gasteiger partial charge in [-0.2, -0.15) is 0 Å². The van der Waals surface area contributed by atoms with Gasteiger partial charge in [0, 0.05) is 38.3 Å². The monoisotopic (exact) mass is 262 g/mol. The summed E-state index contributed by atoms with van der Waals surface area (Å²) in [4.78, 5) is 14.2. The number of hydrogen-bond acceptors (Lipinski definition) is 3. The molecule has 1 aliphatic heterocycles. The maximum absolute atomic E-state index is 11.9. The fourth-order valence-electron chi connectivity index (χ4n) is 2.16. The summed E-state index contributed by atoms with van der Waals surface area (Å²) in [6.45, 7) is 7.26. The molecular weight excluding hydrogens is 240 g/mol. The number of amides is 1. The van der Waals surface area contributed by atoms with Crippen LogP contribution in [0.1, 0.15) is 22.3 Å². The highest BCUT2D eigenvalue weighted by molar-refractivity contribution is 5.94. The van der Waals surface area contributed by atoms with Gasteiger partial charge in [-0.15, -0.1) is 0 Å². The molecule has 0 aromatic heterocycles.